The molecule has 0 radical (unpaired) electrons. The monoisotopic (exact) mass is 485 g/mol. The molecule has 2 N–H and O–H groups in total. The van der Waals surface area contributed by atoms with Crippen molar-refractivity contribution in [3.05, 3.63) is 52.7 Å². The van der Waals surface area contributed by atoms with Gasteiger partial charge in [0.05, 0.1) is 30.4 Å². The van der Waals surface area contributed by atoms with Gasteiger partial charge in [0.1, 0.15) is 12.1 Å². The van der Waals surface area contributed by atoms with Crippen molar-refractivity contribution in [1.82, 2.24) is 15.1 Å². The van der Waals surface area contributed by atoms with Crippen molar-refractivity contribution >= 4 is 30.2 Å². The molecular weight excluding hydrogens is 457 g/mol. The molecule has 2 aromatic heterocycles. The van der Waals surface area contributed by atoms with Gasteiger partial charge < -0.3 is 24.1 Å². The average molecular weight is 486 g/mol. The first-order valence-electron chi connectivity index (χ1n) is 10.8. The first-order valence-corrected chi connectivity index (χ1v) is 10.8. The lowest BCUT2D eigenvalue weighted by molar-refractivity contribution is 0.0890. The van der Waals surface area contributed by atoms with Gasteiger partial charge in [-0.1, -0.05) is 32.5 Å². The number of amides is 2. The molecule has 0 aliphatic carbocycles. The zero-order valence-corrected chi connectivity index (χ0v) is 20.1. The second kappa shape index (κ2) is 11.5. The average Bonchev–Trinajstić information content (AvgIpc) is 3.26. The summed E-state index contributed by atoms with van der Waals surface area (Å²) in [6, 6.07) is 5.02. The Morgan fingerprint density at radius 1 is 1.20 bits per heavy atom. The third-order valence-electron chi connectivity index (χ3n) is 4.65. The van der Waals surface area contributed by atoms with Gasteiger partial charge in [0.25, 0.3) is 0 Å². The maximum atomic E-state index is 14.7. The molecular formula is C24H28FN5O5. The van der Waals surface area contributed by atoms with Crippen molar-refractivity contribution in [1.29, 1.82) is 0 Å². The number of carbonyl (C=O) groups is 1. The molecule has 0 bridgehead atoms. The Kier molecular flexibility index (Phi) is 8.50. The summed E-state index contributed by atoms with van der Waals surface area (Å²) in [5, 5.41) is 9.79. The van der Waals surface area contributed by atoms with Crippen LogP contribution < -0.4 is 25.9 Å². The van der Waals surface area contributed by atoms with Crippen LogP contribution in [-0.2, 0) is 14.9 Å². The van der Waals surface area contributed by atoms with Crippen LogP contribution in [0.15, 0.2) is 35.1 Å². The highest BCUT2D eigenvalue weighted by Crippen LogP contribution is 2.26. The molecule has 0 fully saturated rings. The molecule has 0 unspecified atom stereocenters. The first-order chi connectivity index (χ1) is 16.7. The number of ether oxygens (including phenoxy) is 3. The Morgan fingerprint density at radius 3 is 2.69 bits per heavy atom. The fraction of sp³-hybridized carbons (Fsp3) is 0.333. The van der Waals surface area contributed by atoms with Crippen molar-refractivity contribution in [2.45, 2.75) is 26.2 Å². The summed E-state index contributed by atoms with van der Waals surface area (Å²) in [4.78, 5) is 20.4. The molecule has 0 aliphatic heterocycles. The van der Waals surface area contributed by atoms with E-state index < -0.39 is 11.8 Å². The second-order valence-electron chi connectivity index (χ2n) is 8.46. The standard InChI is InChI=1S/C24H28FN5O5/c1-15-17(8-9-33-11-10-32-5)22(27-14-26-15)34-19-7-6-16(12-18(19)25)28-23(31)29-21-13-20(35-30-21)24(2,3)4/h6-8,12-14H,1,9-11H2,2-5H3,(H2,28,29,30,31)/b17-8+. The number of hydrogen-bond donors (Lipinski definition) is 2. The first kappa shape index (κ1) is 25.8. The summed E-state index contributed by atoms with van der Waals surface area (Å²) >= 11 is 0. The smallest absolute Gasteiger partial charge is 0.324 e. The molecule has 0 aliphatic rings. The Morgan fingerprint density at radius 2 is 2.00 bits per heavy atom. The largest absolute Gasteiger partial charge is 0.435 e. The van der Waals surface area contributed by atoms with E-state index in [1.54, 1.807) is 19.3 Å². The third kappa shape index (κ3) is 7.33. The van der Waals surface area contributed by atoms with Gasteiger partial charge in [-0.3, -0.25) is 5.32 Å². The number of benzene rings is 1. The number of carbonyl (C=O) groups excluding carboxylic acids is 1. The lowest BCUT2D eigenvalue weighted by Crippen LogP contribution is -2.29. The van der Waals surface area contributed by atoms with Gasteiger partial charge in [0.2, 0.25) is 5.88 Å². The van der Waals surface area contributed by atoms with E-state index in [4.69, 9.17) is 18.7 Å². The predicted molar refractivity (Wildman–Crippen MR) is 128 cm³/mol. The zero-order chi connectivity index (χ0) is 25.4. The maximum absolute atomic E-state index is 14.7. The van der Waals surface area contributed by atoms with Gasteiger partial charge in [-0.15, -0.1) is 0 Å². The Bertz CT molecular complexity index is 1270. The fourth-order valence-electron chi connectivity index (χ4n) is 2.80. The van der Waals surface area contributed by atoms with Crippen LogP contribution in [0.1, 0.15) is 26.5 Å². The van der Waals surface area contributed by atoms with Crippen LogP contribution in [0.4, 0.5) is 20.7 Å². The van der Waals surface area contributed by atoms with Gasteiger partial charge >= 0.3 is 6.03 Å². The van der Waals surface area contributed by atoms with Crippen LogP contribution in [0.3, 0.4) is 0 Å². The number of nitrogens with zero attached hydrogens (tertiary/aromatic N) is 3. The van der Waals surface area contributed by atoms with E-state index in [1.165, 1.54) is 18.5 Å². The second-order valence-corrected chi connectivity index (χ2v) is 8.46. The number of halogens is 1. The Hall–Kier alpha value is -3.83. The molecule has 3 rings (SSSR count). The number of aromatic nitrogens is 3. The lowest BCUT2D eigenvalue weighted by Gasteiger charge is -2.12. The molecule has 2 heterocycles. The molecule has 0 atom stereocenters. The van der Waals surface area contributed by atoms with Gasteiger partial charge in [-0.05, 0) is 18.2 Å². The summed E-state index contributed by atoms with van der Waals surface area (Å²) in [6.07, 6.45) is 2.97. The van der Waals surface area contributed by atoms with Crippen LogP contribution in [0.2, 0.25) is 0 Å². The molecule has 0 saturated heterocycles. The highest BCUT2D eigenvalue weighted by atomic mass is 19.1. The predicted octanol–water partition coefficient (Wildman–Crippen LogP) is 3.19. The Labute approximate surface area is 201 Å². The third-order valence-corrected chi connectivity index (χ3v) is 4.65. The molecule has 0 saturated carbocycles. The molecule has 11 heteroatoms. The minimum absolute atomic E-state index is 0.0877. The molecule has 10 nitrogen and oxygen atoms in total. The molecule has 3 aromatic rings. The van der Waals surface area contributed by atoms with Crippen molar-refractivity contribution in [2.24, 2.45) is 0 Å². The van der Waals surface area contributed by atoms with Gasteiger partial charge in [0, 0.05) is 30.3 Å². The van der Waals surface area contributed by atoms with Crippen LogP contribution in [0.5, 0.6) is 11.6 Å². The van der Waals surface area contributed by atoms with E-state index in [-0.39, 0.29) is 35.2 Å². The van der Waals surface area contributed by atoms with Crippen molar-refractivity contribution in [3.8, 4) is 11.6 Å². The number of anilines is 2. The number of nitrogens with one attached hydrogen (secondary N) is 2. The van der Waals surface area contributed by atoms with E-state index in [1.807, 2.05) is 20.8 Å². The van der Waals surface area contributed by atoms with E-state index in [2.05, 4.69) is 32.3 Å². The fourth-order valence-corrected chi connectivity index (χ4v) is 2.80. The SMILES string of the molecule is C=c1ncnc(Oc2ccc(NC(=O)Nc3cc(C(C)(C)C)on3)cc2F)/c1=C/COCCOC. The normalized spacial score (nSPS) is 12.0. The van der Waals surface area contributed by atoms with Crippen LogP contribution in [-0.4, -0.2) is 48.1 Å². The Balaban J connectivity index is 1.67. The van der Waals surface area contributed by atoms with E-state index in [9.17, 15) is 9.18 Å². The van der Waals surface area contributed by atoms with E-state index in [0.717, 1.165) is 6.07 Å². The van der Waals surface area contributed by atoms with Gasteiger partial charge in [-0.25, -0.2) is 19.2 Å². The topological polar surface area (TPSA) is 121 Å². The summed E-state index contributed by atoms with van der Waals surface area (Å²) in [7, 11) is 1.58. The highest BCUT2D eigenvalue weighted by molar-refractivity contribution is 5.99. The van der Waals surface area contributed by atoms with Crippen LogP contribution in [0, 0.1) is 5.82 Å². The zero-order valence-electron chi connectivity index (χ0n) is 20.1. The summed E-state index contributed by atoms with van der Waals surface area (Å²) in [5.74, 6) is 0.198. The van der Waals surface area contributed by atoms with Gasteiger partial charge in [0.15, 0.2) is 17.4 Å². The van der Waals surface area contributed by atoms with Crippen LogP contribution >= 0.6 is 0 Å². The molecule has 1 aromatic carbocycles. The number of methoxy groups -OCH3 is 1. The summed E-state index contributed by atoms with van der Waals surface area (Å²) in [6.45, 7) is 10.8. The van der Waals surface area contributed by atoms with Crippen molar-refractivity contribution in [3.63, 3.8) is 0 Å². The number of hydrogen-bond acceptors (Lipinski definition) is 8. The van der Waals surface area contributed by atoms with E-state index in [0.29, 0.717) is 29.5 Å². The van der Waals surface area contributed by atoms with Crippen molar-refractivity contribution in [2.75, 3.05) is 37.6 Å². The quantitative estimate of drug-likeness (QED) is 0.444. The van der Waals surface area contributed by atoms with E-state index >= 15 is 0 Å². The summed E-state index contributed by atoms with van der Waals surface area (Å²) in [5.41, 5.74) is -0.0410. The summed E-state index contributed by atoms with van der Waals surface area (Å²) < 4.78 is 36.0. The molecule has 0 spiro atoms. The minimum atomic E-state index is -0.703. The maximum Gasteiger partial charge on any atom is 0.324 e. The molecule has 186 valence electrons. The molecule has 2 amide bonds. The minimum Gasteiger partial charge on any atom is -0.435 e. The van der Waals surface area contributed by atoms with Gasteiger partial charge in [-0.2, -0.15) is 0 Å². The molecule has 35 heavy (non-hydrogen) atoms. The number of rotatable bonds is 9. The highest BCUT2D eigenvalue weighted by Gasteiger charge is 2.20. The van der Waals surface area contributed by atoms with Crippen molar-refractivity contribution < 1.29 is 27.9 Å². The lowest BCUT2D eigenvalue weighted by atomic mass is 9.93. The number of urea groups is 1. The van der Waals surface area contributed by atoms with Crippen LogP contribution in [0.25, 0.3) is 12.7 Å².